The number of anilines is 1. The molecule has 1 saturated heterocycles. The van der Waals surface area contributed by atoms with E-state index in [0.717, 1.165) is 49.3 Å². The third kappa shape index (κ3) is 4.01. The fourth-order valence-electron chi connectivity index (χ4n) is 3.35. The summed E-state index contributed by atoms with van der Waals surface area (Å²) in [5.41, 5.74) is 2.66. The average Bonchev–Trinajstić information content (AvgIpc) is 2.63. The van der Waals surface area contributed by atoms with Gasteiger partial charge in [-0.25, -0.2) is 0 Å². The lowest BCUT2D eigenvalue weighted by Gasteiger charge is -2.29. The number of nitriles is 1. The van der Waals surface area contributed by atoms with Crippen molar-refractivity contribution in [2.75, 3.05) is 18.4 Å². The number of nitrogens with zero attached hydrogens (tertiary/aromatic N) is 1. The minimum atomic E-state index is 0.0307. The number of likely N-dealkylation sites (tertiary alicyclic amines) is 1. The molecule has 24 heavy (non-hydrogen) atoms. The summed E-state index contributed by atoms with van der Waals surface area (Å²) in [5, 5.41) is 12.2. The van der Waals surface area contributed by atoms with Crippen molar-refractivity contribution < 1.29 is 9.69 Å². The predicted molar refractivity (Wildman–Crippen MR) is 93.4 cm³/mol. The number of hydrogen-bond donors (Lipinski definition) is 2. The quantitative estimate of drug-likeness (QED) is 0.905. The summed E-state index contributed by atoms with van der Waals surface area (Å²) in [6.45, 7) is 2.67. The molecule has 0 saturated carbocycles. The van der Waals surface area contributed by atoms with E-state index in [2.05, 4.69) is 11.4 Å². The van der Waals surface area contributed by atoms with Crippen LogP contribution in [0.15, 0.2) is 54.6 Å². The number of rotatable bonds is 4. The molecule has 0 aromatic heterocycles. The van der Waals surface area contributed by atoms with E-state index in [1.54, 1.807) is 0 Å². The maximum absolute atomic E-state index is 12.5. The minimum absolute atomic E-state index is 0.0307. The van der Waals surface area contributed by atoms with Crippen LogP contribution in [0.2, 0.25) is 0 Å². The highest BCUT2D eigenvalue weighted by molar-refractivity contribution is 5.92. The van der Waals surface area contributed by atoms with Gasteiger partial charge in [-0.1, -0.05) is 36.4 Å². The van der Waals surface area contributed by atoms with Gasteiger partial charge in [0.25, 0.3) is 0 Å². The van der Waals surface area contributed by atoms with Crippen LogP contribution in [0.1, 0.15) is 24.0 Å². The zero-order valence-corrected chi connectivity index (χ0v) is 13.7. The summed E-state index contributed by atoms with van der Waals surface area (Å²) in [4.78, 5) is 13.9. The highest BCUT2D eigenvalue weighted by Crippen LogP contribution is 2.13. The van der Waals surface area contributed by atoms with E-state index in [1.165, 1.54) is 4.90 Å². The van der Waals surface area contributed by atoms with E-state index in [0.29, 0.717) is 0 Å². The Morgan fingerprint density at radius 1 is 1.17 bits per heavy atom. The van der Waals surface area contributed by atoms with E-state index < -0.39 is 0 Å². The van der Waals surface area contributed by atoms with Crippen LogP contribution in [-0.4, -0.2) is 19.0 Å². The number of piperidine rings is 1. The molecule has 2 aromatic carbocycles. The molecular weight excluding hydrogens is 298 g/mol. The second kappa shape index (κ2) is 7.76. The molecule has 0 bridgehead atoms. The Bertz CT molecular complexity index is 736. The molecule has 2 atom stereocenters. The van der Waals surface area contributed by atoms with Gasteiger partial charge in [-0.15, -0.1) is 0 Å². The summed E-state index contributed by atoms with van der Waals surface area (Å²) >= 11 is 0. The molecule has 1 aliphatic rings. The fraction of sp³-hybridized carbons (Fsp3) is 0.300. The maximum atomic E-state index is 12.5. The molecule has 1 heterocycles. The van der Waals surface area contributed by atoms with Crippen molar-refractivity contribution in [1.82, 2.24) is 0 Å². The third-order valence-electron chi connectivity index (χ3n) is 4.61. The van der Waals surface area contributed by atoms with Crippen LogP contribution in [-0.2, 0) is 11.3 Å². The first-order valence-corrected chi connectivity index (χ1v) is 8.44. The number of para-hydroxylation sites is 1. The Labute approximate surface area is 142 Å². The van der Waals surface area contributed by atoms with Gasteiger partial charge in [0, 0.05) is 11.3 Å². The highest BCUT2D eigenvalue weighted by Gasteiger charge is 2.29. The second-order valence-corrected chi connectivity index (χ2v) is 6.34. The first-order valence-electron chi connectivity index (χ1n) is 8.44. The molecule has 122 valence electrons. The first-order chi connectivity index (χ1) is 11.8. The van der Waals surface area contributed by atoms with E-state index in [1.807, 2.05) is 54.6 Å². The van der Waals surface area contributed by atoms with Gasteiger partial charge in [-0.2, -0.15) is 5.26 Å². The third-order valence-corrected chi connectivity index (χ3v) is 4.61. The van der Waals surface area contributed by atoms with Gasteiger partial charge in [0.05, 0.1) is 30.6 Å². The normalized spacial score (nSPS) is 20.1. The van der Waals surface area contributed by atoms with Gasteiger partial charge in [0.2, 0.25) is 5.91 Å². The maximum Gasteiger partial charge on any atom is 0.233 e. The number of carbonyl (C=O) groups excluding carboxylic acids is 1. The molecule has 1 unspecified atom stereocenters. The van der Waals surface area contributed by atoms with Crippen molar-refractivity contribution in [3.05, 3.63) is 65.7 Å². The molecule has 1 fully saturated rings. The molecule has 0 spiro atoms. The highest BCUT2D eigenvalue weighted by atomic mass is 16.1. The lowest BCUT2D eigenvalue weighted by atomic mass is 9.96. The van der Waals surface area contributed by atoms with Crippen LogP contribution < -0.4 is 10.2 Å². The zero-order valence-electron chi connectivity index (χ0n) is 13.7. The van der Waals surface area contributed by atoms with Crippen LogP contribution in [0.5, 0.6) is 0 Å². The lowest BCUT2D eigenvalue weighted by molar-refractivity contribution is -0.921. The molecule has 2 aromatic rings. The Balaban J connectivity index is 1.62. The van der Waals surface area contributed by atoms with Gasteiger partial charge in [-0.05, 0) is 31.0 Å². The van der Waals surface area contributed by atoms with Gasteiger partial charge in [0.1, 0.15) is 6.54 Å². The van der Waals surface area contributed by atoms with Crippen molar-refractivity contribution in [1.29, 1.82) is 5.26 Å². The zero-order chi connectivity index (χ0) is 16.8. The molecule has 2 N–H and O–H groups in total. The van der Waals surface area contributed by atoms with Gasteiger partial charge >= 0.3 is 0 Å². The number of hydrogen-bond acceptors (Lipinski definition) is 2. The van der Waals surface area contributed by atoms with Crippen LogP contribution in [0.3, 0.4) is 0 Å². The number of amides is 1. The number of carbonyl (C=O) groups is 1. The standard InChI is InChI=1S/C20H21N3O/c21-13-16-7-4-5-8-17(16)14-23-12-6-9-18(15-23)20(24)22-19-10-2-1-3-11-19/h1-5,7-8,10-11,18H,6,9,12,14-15H2,(H,22,24)/p+1/t18-/m1/s1. The largest absolute Gasteiger partial charge is 0.330 e. The summed E-state index contributed by atoms with van der Waals surface area (Å²) < 4.78 is 0. The Hall–Kier alpha value is -2.64. The van der Waals surface area contributed by atoms with E-state index in [-0.39, 0.29) is 11.8 Å². The number of quaternary nitrogens is 1. The molecule has 1 amide bonds. The molecular formula is C20H22N3O+. The van der Waals surface area contributed by atoms with Gasteiger partial charge in [0.15, 0.2) is 0 Å². The van der Waals surface area contributed by atoms with Crippen molar-refractivity contribution >= 4 is 11.6 Å². The first kappa shape index (κ1) is 16.2. The van der Waals surface area contributed by atoms with E-state index in [9.17, 15) is 10.1 Å². The van der Waals surface area contributed by atoms with Crippen LogP contribution >= 0.6 is 0 Å². The van der Waals surface area contributed by atoms with Crippen LogP contribution in [0.25, 0.3) is 0 Å². The predicted octanol–water partition coefficient (Wildman–Crippen LogP) is 1.99. The van der Waals surface area contributed by atoms with Crippen molar-refractivity contribution in [2.45, 2.75) is 19.4 Å². The number of nitrogens with one attached hydrogen (secondary N) is 2. The van der Waals surface area contributed by atoms with Crippen LogP contribution in [0, 0.1) is 17.2 Å². The average molecular weight is 320 g/mol. The summed E-state index contributed by atoms with van der Waals surface area (Å²) in [6.07, 6.45) is 1.97. The smallest absolute Gasteiger partial charge is 0.233 e. The SMILES string of the molecule is N#Cc1ccccc1C[NH+]1CCC[C@@H](C(=O)Nc2ccccc2)C1. The van der Waals surface area contributed by atoms with E-state index >= 15 is 0 Å². The van der Waals surface area contributed by atoms with Crippen molar-refractivity contribution in [3.8, 4) is 6.07 Å². The molecule has 4 nitrogen and oxygen atoms in total. The summed E-state index contributed by atoms with van der Waals surface area (Å²) in [5.74, 6) is 0.134. The Morgan fingerprint density at radius 3 is 2.71 bits per heavy atom. The molecule has 4 heteroatoms. The molecule has 1 aliphatic heterocycles. The minimum Gasteiger partial charge on any atom is -0.330 e. The van der Waals surface area contributed by atoms with Gasteiger partial charge < -0.3 is 10.2 Å². The van der Waals surface area contributed by atoms with E-state index in [4.69, 9.17) is 0 Å². The molecule has 0 aliphatic carbocycles. The molecule has 3 rings (SSSR count). The molecule has 0 radical (unpaired) electrons. The fourth-order valence-corrected chi connectivity index (χ4v) is 3.35. The van der Waals surface area contributed by atoms with Crippen LogP contribution in [0.4, 0.5) is 5.69 Å². The monoisotopic (exact) mass is 320 g/mol. The lowest BCUT2D eigenvalue weighted by Crippen LogP contribution is -3.12. The second-order valence-electron chi connectivity index (χ2n) is 6.34. The Morgan fingerprint density at radius 2 is 1.92 bits per heavy atom. The topological polar surface area (TPSA) is 57.3 Å². The summed E-state index contributed by atoms with van der Waals surface area (Å²) in [7, 11) is 0. The van der Waals surface area contributed by atoms with Crippen molar-refractivity contribution in [2.24, 2.45) is 5.92 Å². The van der Waals surface area contributed by atoms with Crippen molar-refractivity contribution in [3.63, 3.8) is 0 Å². The Kier molecular flexibility index (Phi) is 5.25. The van der Waals surface area contributed by atoms with Gasteiger partial charge in [-0.3, -0.25) is 4.79 Å². The summed E-state index contributed by atoms with van der Waals surface area (Å²) in [6, 6.07) is 19.6. The number of benzene rings is 2.